The molecule has 38 heavy (non-hydrogen) atoms. The summed E-state index contributed by atoms with van der Waals surface area (Å²) in [4.78, 5) is 0. The Morgan fingerprint density at radius 2 is 1.05 bits per heavy atom. The molecule has 0 N–H and O–H groups in total. The molecule has 0 nitrogen and oxygen atoms in total. The lowest BCUT2D eigenvalue weighted by molar-refractivity contribution is 0.302. The van der Waals surface area contributed by atoms with E-state index >= 15 is 0 Å². The molecule has 1 heteroatoms. The van der Waals surface area contributed by atoms with E-state index in [1.54, 1.807) is 0 Å². The number of halogens is 1. The first kappa shape index (κ1) is 35.6. The minimum atomic E-state index is -0.727. The van der Waals surface area contributed by atoms with Crippen molar-refractivity contribution in [1.82, 2.24) is 0 Å². The molecule has 0 saturated carbocycles. The van der Waals surface area contributed by atoms with E-state index in [4.69, 9.17) is 0 Å². The maximum Gasteiger partial charge on any atom is 0.104 e. The zero-order valence-corrected chi connectivity index (χ0v) is 25.8. The SMILES string of the molecule is CCCCC(C)C/C=C/C(C)=C/C=C/C(C)=C/C=C/C=C(C)/C=C/C=C(C)/C=C/CC(F)CCCC(C)C. The molecule has 2 unspecified atom stereocenters. The van der Waals surface area contributed by atoms with Crippen LogP contribution < -0.4 is 0 Å². The van der Waals surface area contributed by atoms with Gasteiger partial charge in [-0.15, -0.1) is 0 Å². The van der Waals surface area contributed by atoms with E-state index in [1.807, 2.05) is 18.2 Å². The highest BCUT2D eigenvalue weighted by molar-refractivity contribution is 5.31. The summed E-state index contributed by atoms with van der Waals surface area (Å²) in [7, 11) is 0. The molecule has 0 aromatic heterocycles. The number of unbranched alkanes of at least 4 members (excludes halogenated alkanes) is 1. The Labute approximate surface area is 236 Å². The quantitative estimate of drug-likeness (QED) is 0.149. The monoisotopic (exact) mass is 520 g/mol. The Balaban J connectivity index is 4.51. The smallest absolute Gasteiger partial charge is 0.104 e. The van der Waals surface area contributed by atoms with E-state index in [0.717, 1.165) is 30.8 Å². The van der Waals surface area contributed by atoms with Crippen molar-refractivity contribution < 1.29 is 4.39 Å². The van der Waals surface area contributed by atoms with Gasteiger partial charge in [0.1, 0.15) is 6.17 Å². The molecule has 0 amide bonds. The van der Waals surface area contributed by atoms with Gasteiger partial charge < -0.3 is 0 Å². The molecular formula is C37H57F. The molecule has 0 radical (unpaired) electrons. The van der Waals surface area contributed by atoms with Crippen LogP contribution in [-0.4, -0.2) is 6.17 Å². The molecule has 0 saturated heterocycles. The summed E-state index contributed by atoms with van der Waals surface area (Å²) in [6.07, 6.45) is 37.1. The predicted molar refractivity (Wildman–Crippen MR) is 172 cm³/mol. The van der Waals surface area contributed by atoms with Gasteiger partial charge in [-0.3, -0.25) is 0 Å². The van der Waals surface area contributed by atoms with Crippen molar-refractivity contribution in [2.45, 2.75) is 113 Å². The fourth-order valence-electron chi connectivity index (χ4n) is 3.76. The van der Waals surface area contributed by atoms with Crippen LogP contribution in [-0.2, 0) is 0 Å². The molecule has 0 fully saturated rings. The molecule has 0 aliphatic rings. The summed E-state index contributed by atoms with van der Waals surface area (Å²) in [5, 5.41) is 0. The first-order valence-corrected chi connectivity index (χ1v) is 14.8. The van der Waals surface area contributed by atoms with Crippen molar-refractivity contribution in [3.8, 4) is 0 Å². The molecule has 0 spiro atoms. The normalized spacial score (nSPS) is 16.5. The number of alkyl halides is 1. The average Bonchev–Trinajstić information content (AvgIpc) is 2.85. The fourth-order valence-corrected chi connectivity index (χ4v) is 3.76. The summed E-state index contributed by atoms with van der Waals surface area (Å²) >= 11 is 0. The van der Waals surface area contributed by atoms with Crippen molar-refractivity contribution in [2.75, 3.05) is 0 Å². The molecule has 0 heterocycles. The topological polar surface area (TPSA) is 0 Å². The van der Waals surface area contributed by atoms with Gasteiger partial charge in [-0.2, -0.15) is 0 Å². The van der Waals surface area contributed by atoms with Gasteiger partial charge in [0.2, 0.25) is 0 Å². The second-order valence-electron chi connectivity index (χ2n) is 11.2. The van der Waals surface area contributed by atoms with Crippen LogP contribution in [0.5, 0.6) is 0 Å². The van der Waals surface area contributed by atoms with Gasteiger partial charge in [-0.1, -0.05) is 167 Å². The van der Waals surface area contributed by atoms with Crippen LogP contribution in [0, 0.1) is 11.8 Å². The summed E-state index contributed by atoms with van der Waals surface area (Å²) in [6.45, 7) is 17.4. The average molecular weight is 521 g/mol. The summed E-state index contributed by atoms with van der Waals surface area (Å²) in [5.74, 6) is 1.43. The number of allylic oxidation sites excluding steroid dienone is 18. The van der Waals surface area contributed by atoms with Gasteiger partial charge in [0, 0.05) is 0 Å². The summed E-state index contributed by atoms with van der Waals surface area (Å²) in [5.41, 5.74) is 4.80. The molecule has 0 bridgehead atoms. The minimum absolute atomic E-state index is 0.504. The standard InChI is InChI=1S/C37H57F/c1-9-10-19-32(4)22-14-25-35(7)26-15-23-33(5)20-11-12-21-34(6)24-16-27-36(8)28-17-30-37(38)29-13-18-31(2)3/h11-12,14-17,20-21,23-28,31-32,37H,9-10,13,18-19,22,29-30H2,1-8H3/b12-11+,23-15+,24-16+,25-14+,28-17+,33-20+,34-21+,35-26+,36-27+. The van der Waals surface area contributed by atoms with Crippen LogP contribution in [0.2, 0.25) is 0 Å². The maximum absolute atomic E-state index is 13.9. The lowest BCUT2D eigenvalue weighted by Gasteiger charge is -2.07. The number of hydrogen-bond donors (Lipinski definition) is 0. The lowest BCUT2D eigenvalue weighted by Crippen LogP contribution is -1.99. The minimum Gasteiger partial charge on any atom is -0.247 e. The van der Waals surface area contributed by atoms with E-state index < -0.39 is 6.17 Å². The molecule has 0 aliphatic carbocycles. The van der Waals surface area contributed by atoms with Gasteiger partial charge in [0.25, 0.3) is 0 Å². The van der Waals surface area contributed by atoms with Crippen LogP contribution in [0.3, 0.4) is 0 Å². The first-order valence-electron chi connectivity index (χ1n) is 14.8. The summed E-state index contributed by atoms with van der Waals surface area (Å²) in [6, 6.07) is 0. The van der Waals surface area contributed by atoms with Crippen LogP contribution >= 0.6 is 0 Å². The van der Waals surface area contributed by atoms with Crippen molar-refractivity contribution in [1.29, 1.82) is 0 Å². The Hall–Kier alpha value is -2.41. The molecule has 0 aromatic rings. The van der Waals surface area contributed by atoms with Crippen molar-refractivity contribution in [3.63, 3.8) is 0 Å². The second-order valence-corrected chi connectivity index (χ2v) is 11.2. The first-order chi connectivity index (χ1) is 18.1. The van der Waals surface area contributed by atoms with Gasteiger partial charge >= 0.3 is 0 Å². The van der Waals surface area contributed by atoms with Gasteiger partial charge in [-0.05, 0) is 58.8 Å². The largest absolute Gasteiger partial charge is 0.247 e. The highest BCUT2D eigenvalue weighted by atomic mass is 19.1. The third-order valence-corrected chi connectivity index (χ3v) is 6.31. The van der Waals surface area contributed by atoms with E-state index in [9.17, 15) is 4.39 Å². The highest BCUT2D eigenvalue weighted by Gasteiger charge is 2.04. The molecule has 2 atom stereocenters. The maximum atomic E-state index is 13.9. The third-order valence-electron chi connectivity index (χ3n) is 6.31. The zero-order valence-electron chi connectivity index (χ0n) is 25.8. The van der Waals surface area contributed by atoms with Gasteiger partial charge in [-0.25, -0.2) is 4.39 Å². The molecular weight excluding hydrogens is 463 g/mol. The molecule has 0 aromatic carbocycles. The van der Waals surface area contributed by atoms with E-state index in [2.05, 4.69) is 122 Å². The van der Waals surface area contributed by atoms with Crippen molar-refractivity contribution in [3.05, 3.63) is 107 Å². The Kier molecular flexibility index (Phi) is 22.2. The van der Waals surface area contributed by atoms with E-state index in [-0.39, 0.29) is 0 Å². The van der Waals surface area contributed by atoms with Gasteiger partial charge in [0.05, 0.1) is 0 Å². The molecule has 0 aliphatic heterocycles. The third kappa shape index (κ3) is 24.0. The van der Waals surface area contributed by atoms with Gasteiger partial charge in [0.15, 0.2) is 0 Å². The Morgan fingerprint density at radius 3 is 1.55 bits per heavy atom. The number of rotatable bonds is 19. The van der Waals surface area contributed by atoms with Crippen molar-refractivity contribution in [2.24, 2.45) is 11.8 Å². The predicted octanol–water partition coefficient (Wildman–Crippen LogP) is 12.3. The van der Waals surface area contributed by atoms with E-state index in [0.29, 0.717) is 18.8 Å². The fraction of sp³-hybridized carbons (Fsp3) is 0.514. The summed E-state index contributed by atoms with van der Waals surface area (Å²) < 4.78 is 13.9. The van der Waals surface area contributed by atoms with E-state index in [1.165, 1.54) is 36.0 Å². The van der Waals surface area contributed by atoms with Crippen LogP contribution in [0.4, 0.5) is 4.39 Å². The molecule has 0 rings (SSSR count). The van der Waals surface area contributed by atoms with Crippen LogP contribution in [0.25, 0.3) is 0 Å². The molecule has 212 valence electrons. The van der Waals surface area contributed by atoms with Crippen molar-refractivity contribution >= 4 is 0 Å². The Bertz CT molecular complexity index is 880. The van der Waals surface area contributed by atoms with Crippen LogP contribution in [0.15, 0.2) is 107 Å². The number of hydrogen-bond acceptors (Lipinski definition) is 0. The highest BCUT2D eigenvalue weighted by Crippen LogP contribution is 2.14. The zero-order chi connectivity index (χ0) is 28.6. The lowest BCUT2D eigenvalue weighted by atomic mass is 10.0. The van der Waals surface area contributed by atoms with Crippen LogP contribution in [0.1, 0.15) is 107 Å². The Morgan fingerprint density at radius 1 is 0.579 bits per heavy atom. The second kappa shape index (κ2) is 23.7.